The first kappa shape index (κ1) is 18.9. The smallest absolute Gasteiger partial charge is 0.237 e. The Hall–Kier alpha value is -1.40. The zero-order chi connectivity index (χ0) is 19.1. The lowest BCUT2D eigenvalue weighted by Crippen LogP contribution is -2.49. The third-order valence-electron chi connectivity index (χ3n) is 5.72. The van der Waals surface area contributed by atoms with Crippen molar-refractivity contribution in [2.24, 2.45) is 5.92 Å². The molecule has 0 radical (unpaired) electrons. The van der Waals surface area contributed by atoms with Gasteiger partial charge >= 0.3 is 0 Å². The number of aromatic nitrogens is 2. The maximum atomic E-state index is 11.9. The molecule has 7 heteroatoms. The summed E-state index contributed by atoms with van der Waals surface area (Å²) in [6, 6.07) is 0. The van der Waals surface area contributed by atoms with Gasteiger partial charge in [-0.25, -0.2) is 9.97 Å². The lowest BCUT2D eigenvalue weighted by atomic mass is 9.89. The fraction of sp³-hybridized carbons (Fsp3) is 0.650. The maximum absolute atomic E-state index is 11.9. The van der Waals surface area contributed by atoms with Gasteiger partial charge in [0.25, 0.3) is 0 Å². The van der Waals surface area contributed by atoms with E-state index < -0.39 is 0 Å². The van der Waals surface area contributed by atoms with Gasteiger partial charge in [0.2, 0.25) is 5.91 Å². The number of amides is 1. The molecule has 4 rings (SSSR count). The Balaban J connectivity index is 1.74. The van der Waals surface area contributed by atoms with Crippen molar-refractivity contribution in [3.63, 3.8) is 0 Å². The van der Waals surface area contributed by atoms with Crippen molar-refractivity contribution in [3.05, 3.63) is 16.3 Å². The second-order valence-corrected chi connectivity index (χ2v) is 9.44. The Labute approximate surface area is 169 Å². The van der Waals surface area contributed by atoms with Crippen LogP contribution in [-0.2, 0) is 17.6 Å². The van der Waals surface area contributed by atoms with Crippen LogP contribution >= 0.6 is 22.9 Å². The van der Waals surface area contributed by atoms with E-state index in [4.69, 9.17) is 21.6 Å². The summed E-state index contributed by atoms with van der Waals surface area (Å²) in [4.78, 5) is 28.7. The van der Waals surface area contributed by atoms with Crippen LogP contribution in [0.15, 0.2) is 0 Å². The van der Waals surface area contributed by atoms with Crippen LogP contribution in [-0.4, -0.2) is 52.8 Å². The van der Waals surface area contributed by atoms with E-state index >= 15 is 0 Å². The van der Waals surface area contributed by atoms with Crippen molar-refractivity contribution in [2.45, 2.75) is 46.0 Å². The quantitative estimate of drug-likeness (QED) is 0.727. The van der Waals surface area contributed by atoms with Crippen LogP contribution in [0.1, 0.15) is 49.4 Å². The number of nitrogens with zero attached hydrogens (tertiary/aromatic N) is 4. The number of alkyl halides is 1. The molecular weight excluding hydrogens is 380 g/mol. The van der Waals surface area contributed by atoms with Crippen molar-refractivity contribution in [1.29, 1.82) is 0 Å². The number of anilines is 1. The Morgan fingerprint density at radius 2 is 2.00 bits per heavy atom. The summed E-state index contributed by atoms with van der Waals surface area (Å²) in [6.45, 7) is 9.65. The number of rotatable bonds is 3. The zero-order valence-corrected chi connectivity index (χ0v) is 17.9. The van der Waals surface area contributed by atoms with Crippen LogP contribution in [0.25, 0.3) is 10.2 Å². The number of halogens is 1. The van der Waals surface area contributed by atoms with Gasteiger partial charge in [-0.1, -0.05) is 20.8 Å². The van der Waals surface area contributed by atoms with Crippen molar-refractivity contribution >= 4 is 44.9 Å². The van der Waals surface area contributed by atoms with E-state index in [-0.39, 0.29) is 11.8 Å². The molecular formula is C20H27ClN4OS. The fourth-order valence-electron chi connectivity index (χ4n) is 4.08. The minimum Gasteiger partial charge on any atom is -0.352 e. The van der Waals surface area contributed by atoms with Crippen LogP contribution in [0.4, 0.5) is 5.82 Å². The van der Waals surface area contributed by atoms with E-state index in [1.165, 1.54) is 22.2 Å². The van der Waals surface area contributed by atoms with Gasteiger partial charge in [0, 0.05) is 37.0 Å². The Kier molecular flexibility index (Phi) is 5.30. The number of carbonyl (C=O) groups is 1. The average molecular weight is 407 g/mol. The number of hydrogen-bond donors (Lipinski definition) is 0. The van der Waals surface area contributed by atoms with Crippen molar-refractivity contribution in [1.82, 2.24) is 14.9 Å². The number of piperazine rings is 1. The summed E-state index contributed by atoms with van der Waals surface area (Å²) in [5.41, 5.74) is 1.47. The van der Waals surface area contributed by atoms with E-state index in [9.17, 15) is 4.79 Å². The first-order valence-corrected chi connectivity index (χ1v) is 11.2. The fourth-order valence-corrected chi connectivity index (χ4v) is 5.63. The number of thiophene rings is 1. The summed E-state index contributed by atoms with van der Waals surface area (Å²) >= 11 is 7.59. The molecule has 1 saturated heterocycles. The minimum absolute atomic E-state index is 0.0221. The van der Waals surface area contributed by atoms with Crippen LogP contribution in [0, 0.1) is 5.92 Å². The predicted octanol–water partition coefficient (Wildman–Crippen LogP) is 3.83. The monoisotopic (exact) mass is 406 g/mol. The van der Waals surface area contributed by atoms with Crippen molar-refractivity contribution in [3.8, 4) is 0 Å². The summed E-state index contributed by atoms with van der Waals surface area (Å²) in [7, 11) is 0. The molecule has 5 nitrogen and oxygen atoms in total. The molecule has 0 saturated carbocycles. The minimum atomic E-state index is 0.0221. The molecule has 1 amide bonds. The molecule has 1 aliphatic heterocycles. The van der Waals surface area contributed by atoms with Crippen LogP contribution < -0.4 is 4.90 Å². The lowest BCUT2D eigenvalue weighted by molar-refractivity contribution is -0.128. The van der Waals surface area contributed by atoms with Crippen LogP contribution in [0.3, 0.4) is 0 Å². The second-order valence-electron chi connectivity index (χ2n) is 8.09. The molecule has 1 fully saturated rings. The normalized spacial score (nSPS) is 20.4. The predicted molar refractivity (Wildman–Crippen MR) is 112 cm³/mol. The lowest BCUT2D eigenvalue weighted by Gasteiger charge is -2.35. The van der Waals surface area contributed by atoms with Gasteiger partial charge in [-0.3, -0.25) is 4.79 Å². The highest BCUT2D eigenvalue weighted by Crippen LogP contribution is 2.41. The van der Waals surface area contributed by atoms with Gasteiger partial charge in [0.15, 0.2) is 0 Å². The van der Waals surface area contributed by atoms with Crippen LogP contribution in [0.5, 0.6) is 0 Å². The van der Waals surface area contributed by atoms with Crippen LogP contribution in [0.2, 0.25) is 0 Å². The molecule has 1 aliphatic carbocycles. The number of fused-ring (bicyclic) bond motifs is 3. The van der Waals surface area contributed by atoms with E-state index in [0.29, 0.717) is 19.0 Å². The van der Waals surface area contributed by atoms with Gasteiger partial charge in [0.1, 0.15) is 22.4 Å². The highest BCUT2D eigenvalue weighted by atomic mass is 35.5. The summed E-state index contributed by atoms with van der Waals surface area (Å²) in [6.07, 6.45) is 3.52. The summed E-state index contributed by atoms with van der Waals surface area (Å²) in [5, 5.41) is 1.27. The molecule has 0 N–H and O–H groups in total. The van der Waals surface area contributed by atoms with E-state index in [1.54, 1.807) is 0 Å². The molecule has 0 aromatic carbocycles. The topological polar surface area (TPSA) is 49.3 Å². The molecule has 27 heavy (non-hydrogen) atoms. The number of hydrogen-bond acceptors (Lipinski definition) is 5. The SMILES string of the molecule is CC(C)c1nc(N2CCN(C(=O)CCl)CC2)c2c3c(sc2n1)C[C@@H](C)CC3. The number of carbonyl (C=O) groups excluding carboxylic acids is 1. The Morgan fingerprint density at radius 1 is 1.26 bits per heavy atom. The van der Waals surface area contributed by atoms with E-state index in [2.05, 4.69) is 25.7 Å². The van der Waals surface area contributed by atoms with E-state index in [0.717, 1.165) is 48.3 Å². The third kappa shape index (κ3) is 3.54. The third-order valence-corrected chi connectivity index (χ3v) is 7.09. The van der Waals surface area contributed by atoms with Gasteiger partial charge in [0.05, 0.1) is 5.39 Å². The molecule has 0 spiro atoms. The maximum Gasteiger partial charge on any atom is 0.237 e. The van der Waals surface area contributed by atoms with Gasteiger partial charge < -0.3 is 9.80 Å². The molecule has 3 heterocycles. The summed E-state index contributed by atoms with van der Waals surface area (Å²) < 4.78 is 0. The average Bonchev–Trinajstić information content (AvgIpc) is 3.04. The van der Waals surface area contributed by atoms with Gasteiger partial charge in [-0.2, -0.15) is 0 Å². The number of aryl methyl sites for hydroxylation is 1. The molecule has 1 atom stereocenters. The highest BCUT2D eigenvalue weighted by Gasteiger charge is 2.28. The Morgan fingerprint density at radius 3 is 2.67 bits per heavy atom. The summed E-state index contributed by atoms with van der Waals surface area (Å²) in [5.74, 6) is 3.12. The molecule has 2 aromatic rings. The first-order valence-electron chi connectivity index (χ1n) is 9.88. The zero-order valence-electron chi connectivity index (χ0n) is 16.3. The largest absolute Gasteiger partial charge is 0.352 e. The van der Waals surface area contributed by atoms with Gasteiger partial charge in [-0.05, 0) is 30.7 Å². The second kappa shape index (κ2) is 7.55. The van der Waals surface area contributed by atoms with Gasteiger partial charge in [-0.15, -0.1) is 22.9 Å². The molecule has 2 aromatic heterocycles. The highest BCUT2D eigenvalue weighted by molar-refractivity contribution is 7.19. The molecule has 0 unspecified atom stereocenters. The standard InChI is InChI=1S/C20H27ClN4OS/c1-12(2)18-22-19(25-8-6-24(7-9-25)16(26)11-21)17-14-5-4-13(3)10-15(14)27-20(17)23-18/h12-13H,4-11H2,1-3H3/t13-/m0/s1. The molecule has 2 aliphatic rings. The van der Waals surface area contributed by atoms with E-state index in [1.807, 2.05) is 16.2 Å². The van der Waals surface area contributed by atoms with Crippen molar-refractivity contribution < 1.29 is 4.79 Å². The molecule has 0 bridgehead atoms. The first-order chi connectivity index (χ1) is 13.0. The Bertz CT molecular complexity index is 857. The molecule has 146 valence electrons. The van der Waals surface area contributed by atoms with Crippen molar-refractivity contribution in [2.75, 3.05) is 37.0 Å².